The van der Waals surface area contributed by atoms with Crippen LogP contribution in [0.3, 0.4) is 0 Å². The molecule has 4 atom stereocenters. The molecule has 0 amide bonds. The Balaban J connectivity index is 1.45. The first kappa shape index (κ1) is 44.3. The van der Waals surface area contributed by atoms with Gasteiger partial charge in [-0.3, -0.25) is 0 Å². The predicted octanol–water partition coefficient (Wildman–Crippen LogP) is 7.73. The summed E-state index contributed by atoms with van der Waals surface area (Å²) in [6.07, 6.45) is -0.439. The van der Waals surface area contributed by atoms with Crippen molar-refractivity contribution in [3.63, 3.8) is 0 Å². The van der Waals surface area contributed by atoms with Crippen molar-refractivity contribution in [3.05, 3.63) is 165 Å². The van der Waals surface area contributed by atoms with Crippen LogP contribution in [-0.4, -0.2) is 73.7 Å². The molecule has 1 N–H and O–H groups in total. The summed E-state index contributed by atoms with van der Waals surface area (Å²) >= 11 is -0.207. The molecule has 0 bridgehead atoms. The van der Waals surface area contributed by atoms with Crippen molar-refractivity contribution < 1.29 is 23.1 Å². The van der Waals surface area contributed by atoms with Gasteiger partial charge in [-0.05, 0) is 0 Å². The third-order valence-corrected chi connectivity index (χ3v) is 20.2. The van der Waals surface area contributed by atoms with Crippen LogP contribution in [0.2, 0.25) is 36.0 Å². The number of rotatable bonds is 14. The van der Waals surface area contributed by atoms with Gasteiger partial charge in [-0.25, -0.2) is 0 Å². The number of aromatic nitrogens is 2. The Morgan fingerprint density at radius 2 is 1.37 bits per heavy atom. The number of methoxy groups -OCH3 is 1. The van der Waals surface area contributed by atoms with Gasteiger partial charge in [0.25, 0.3) is 0 Å². The van der Waals surface area contributed by atoms with E-state index in [9.17, 15) is 9.59 Å². The van der Waals surface area contributed by atoms with E-state index in [4.69, 9.17) is 23.1 Å². The fourth-order valence-electron chi connectivity index (χ4n) is 6.95. The summed E-state index contributed by atoms with van der Waals surface area (Å²) in [4.78, 5) is 28.6. The minimum absolute atomic E-state index is 0.0599. The molecule has 1 saturated heterocycles. The molecule has 1 aliphatic heterocycles. The molecule has 1 aromatic heterocycles. The van der Waals surface area contributed by atoms with Crippen LogP contribution in [0.1, 0.15) is 49.3 Å². The van der Waals surface area contributed by atoms with Gasteiger partial charge < -0.3 is 0 Å². The molecule has 0 aliphatic carbocycles. The average Bonchev–Trinajstić information content (AvgIpc) is 3.54. The maximum absolute atomic E-state index is 13.7. The van der Waals surface area contributed by atoms with Crippen molar-refractivity contribution in [2.45, 2.75) is 87.8 Å². The number of nitrogens with one attached hydrogen (secondary N) is 1. The van der Waals surface area contributed by atoms with Crippen molar-refractivity contribution >= 4 is 36.1 Å². The monoisotopic (exact) mass is 896 g/mol. The normalized spacial score (nSPS) is 18.6. The Kier molecular flexibility index (Phi) is 13.9. The van der Waals surface area contributed by atoms with Crippen LogP contribution in [-0.2, 0) is 23.9 Å². The molecule has 4 aromatic carbocycles. The zero-order valence-electron chi connectivity index (χ0n) is 35.5. The van der Waals surface area contributed by atoms with Gasteiger partial charge in [-0.2, -0.15) is 0 Å². The molecule has 0 saturated carbocycles. The van der Waals surface area contributed by atoms with E-state index in [1.807, 2.05) is 78.9 Å². The molecule has 9 nitrogen and oxygen atoms in total. The van der Waals surface area contributed by atoms with E-state index in [0.29, 0.717) is 12.2 Å². The Labute approximate surface area is 356 Å². The van der Waals surface area contributed by atoms with Gasteiger partial charge in [0, 0.05) is 0 Å². The third kappa shape index (κ3) is 10.2. The molecule has 2 heterocycles. The van der Waals surface area contributed by atoms with Crippen molar-refractivity contribution in [1.29, 1.82) is 0 Å². The van der Waals surface area contributed by atoms with Gasteiger partial charge in [0.05, 0.1) is 0 Å². The van der Waals surface area contributed by atoms with Crippen LogP contribution in [0.25, 0.3) is 0 Å². The van der Waals surface area contributed by atoms with Gasteiger partial charge in [0.15, 0.2) is 0 Å². The Morgan fingerprint density at radius 3 is 1.93 bits per heavy atom. The number of hydrogen-bond donors (Lipinski definition) is 1. The van der Waals surface area contributed by atoms with E-state index >= 15 is 0 Å². The van der Waals surface area contributed by atoms with E-state index in [-0.39, 0.29) is 31.4 Å². The summed E-state index contributed by atoms with van der Waals surface area (Å²) in [6, 6.07) is 38.7. The number of hydrogen-bond acceptors (Lipinski definition) is 7. The molecule has 59 heavy (non-hydrogen) atoms. The number of benzene rings is 4. The summed E-state index contributed by atoms with van der Waals surface area (Å²) in [5.74, 6) is 4.04. The molecule has 12 heteroatoms. The molecule has 5 aromatic rings. The molecular formula is C47H56N2O7SeSi2. The molecule has 1 fully saturated rings. The van der Waals surface area contributed by atoms with Crippen molar-refractivity contribution in [2.24, 2.45) is 0 Å². The number of aryl methyl sites for hydroxylation is 1. The SMILES string of the molecule is COc1ccc(C(OC[C@H]2O[C@@H](n3cc(C)c(=O)[nH]c3=O)[C@H](O[Si](C)(C)C#CCO[Si](C)(C)C(C)(C)C)[C@H]2[Se]c2ccccc2)(c2ccccc2)c2ccccc2)cc1. The van der Waals surface area contributed by atoms with Crippen LogP contribution < -0.4 is 20.4 Å². The minimum atomic E-state index is -2.78. The van der Waals surface area contributed by atoms with E-state index in [2.05, 4.69) is 99.8 Å². The summed E-state index contributed by atoms with van der Waals surface area (Å²) in [5, 5.41) is 0.0599. The maximum atomic E-state index is 13.7. The van der Waals surface area contributed by atoms with E-state index in [1.165, 1.54) is 4.57 Å². The van der Waals surface area contributed by atoms with Crippen molar-refractivity contribution in [1.82, 2.24) is 9.55 Å². The second kappa shape index (κ2) is 18.5. The molecular weight excluding hydrogens is 840 g/mol. The zero-order valence-corrected chi connectivity index (χ0v) is 39.2. The molecule has 6 rings (SSSR count). The Morgan fingerprint density at radius 1 is 0.814 bits per heavy atom. The first-order valence-corrected chi connectivity index (χ1v) is 27.6. The van der Waals surface area contributed by atoms with Gasteiger partial charge >= 0.3 is 359 Å². The quantitative estimate of drug-likeness (QED) is 0.0693. The van der Waals surface area contributed by atoms with Crippen molar-refractivity contribution in [3.8, 4) is 17.2 Å². The Bertz CT molecular complexity index is 2300. The van der Waals surface area contributed by atoms with E-state index in [1.54, 1.807) is 20.2 Å². The average molecular weight is 896 g/mol. The number of ether oxygens (including phenoxy) is 3. The van der Waals surface area contributed by atoms with Gasteiger partial charge in [-0.15, -0.1) is 0 Å². The van der Waals surface area contributed by atoms with Crippen LogP contribution in [0.5, 0.6) is 5.75 Å². The fraction of sp³-hybridized carbons (Fsp3) is 0.362. The number of H-pyrrole nitrogens is 1. The second-order valence-corrected chi connectivity index (χ2v) is 27.8. The van der Waals surface area contributed by atoms with Gasteiger partial charge in [0.2, 0.25) is 0 Å². The standard InChI is InChI=1S/C47H56N2O7SeSi2/c1-34-32-49(45(51)48-43(34)50)44-41(56-58(6,7)31-19-30-54-59(8,9)46(2,3)4)42(57-39-24-17-12-18-25-39)40(55-44)33-53-47(35-20-13-10-14-21-35,36-22-15-11-16-23-36)37-26-28-38(52-5)29-27-37/h10-18,20-29,32,40-42,44H,30,33H2,1-9H3,(H,48,50,51)/t40-,41-,42+,44-/m1/s1. The molecule has 0 spiro atoms. The van der Waals surface area contributed by atoms with Crippen LogP contribution in [0.15, 0.2) is 131 Å². The second-order valence-electron chi connectivity index (χ2n) is 16.8. The topological polar surface area (TPSA) is 101 Å². The summed E-state index contributed by atoms with van der Waals surface area (Å²) < 4.78 is 36.2. The Hall–Kier alpha value is -4.29. The summed E-state index contributed by atoms with van der Waals surface area (Å²) in [6.45, 7) is 17.4. The van der Waals surface area contributed by atoms with Gasteiger partial charge in [0.1, 0.15) is 0 Å². The molecule has 1 aliphatic rings. The van der Waals surface area contributed by atoms with E-state index < -0.39 is 51.9 Å². The van der Waals surface area contributed by atoms with Crippen LogP contribution in [0, 0.1) is 18.4 Å². The first-order valence-electron chi connectivity index (χ1n) is 20.0. The van der Waals surface area contributed by atoms with Gasteiger partial charge in [-0.1, -0.05) is 0 Å². The number of nitrogens with zero attached hydrogens (tertiary/aromatic N) is 1. The zero-order chi connectivity index (χ0) is 42.4. The number of aromatic amines is 1. The van der Waals surface area contributed by atoms with Crippen molar-refractivity contribution in [2.75, 3.05) is 20.3 Å². The molecule has 0 radical (unpaired) electrons. The molecule has 310 valence electrons. The summed E-state index contributed by atoms with van der Waals surface area (Å²) in [5.41, 5.74) is 4.61. The van der Waals surface area contributed by atoms with Crippen LogP contribution >= 0.6 is 0 Å². The molecule has 0 unspecified atom stereocenters. The predicted molar refractivity (Wildman–Crippen MR) is 241 cm³/mol. The third-order valence-electron chi connectivity index (χ3n) is 11.2. The van der Waals surface area contributed by atoms with Crippen LogP contribution in [0.4, 0.5) is 0 Å². The van der Waals surface area contributed by atoms with E-state index in [0.717, 1.165) is 26.9 Å². The first-order chi connectivity index (χ1) is 28.0. The fourth-order valence-corrected chi connectivity index (χ4v) is 12.1. The summed E-state index contributed by atoms with van der Waals surface area (Å²) in [7, 11) is -3.13.